The van der Waals surface area contributed by atoms with E-state index in [0.717, 1.165) is 0 Å². The average Bonchev–Trinajstić information content (AvgIpc) is 3.35. The molecular weight excluding hydrogens is 544 g/mol. The molecule has 3 saturated heterocycles. The molecule has 0 aromatic heterocycles. The summed E-state index contributed by atoms with van der Waals surface area (Å²) in [4.78, 5) is 26.5. The second-order valence-electron chi connectivity index (χ2n) is 14.6. The molecule has 0 aromatic carbocycles. The first-order valence-electron chi connectivity index (χ1n) is 15.2. The molecule has 4 bridgehead atoms. The van der Waals surface area contributed by atoms with E-state index in [1.54, 1.807) is 6.92 Å². The monoisotopic (exact) mass is 590 g/mol. The van der Waals surface area contributed by atoms with Gasteiger partial charge in [-0.1, -0.05) is 52.8 Å². The van der Waals surface area contributed by atoms with Gasteiger partial charge < -0.3 is 39.0 Å². The summed E-state index contributed by atoms with van der Waals surface area (Å²) in [5.41, 5.74) is -8.85. The lowest BCUT2D eigenvalue weighted by molar-refractivity contribution is -0.475. The maximum absolute atomic E-state index is 13.6. The predicted octanol–water partition coefficient (Wildman–Crippen LogP) is 2.92. The van der Waals surface area contributed by atoms with Crippen LogP contribution in [-0.4, -0.2) is 81.1 Å². The van der Waals surface area contributed by atoms with Crippen LogP contribution in [0.5, 0.6) is 0 Å². The highest BCUT2D eigenvalue weighted by molar-refractivity contribution is 5.74. The van der Waals surface area contributed by atoms with Crippen molar-refractivity contribution in [3.8, 4) is 0 Å². The minimum absolute atomic E-state index is 0.0369. The number of esters is 2. The number of rotatable bonds is 7. The Labute approximate surface area is 247 Å². The van der Waals surface area contributed by atoms with E-state index < -0.39 is 86.7 Å². The summed E-state index contributed by atoms with van der Waals surface area (Å²) in [6.45, 7) is 14.9. The maximum atomic E-state index is 13.6. The van der Waals surface area contributed by atoms with E-state index in [1.807, 2.05) is 66.7 Å². The number of hydrogen-bond acceptors (Lipinski definition) is 10. The number of allylic oxidation sites excluding steroid dienone is 2. The number of hydrogen-bond donors (Lipinski definition) is 3. The number of aliphatic hydroxyl groups is 3. The zero-order valence-corrected chi connectivity index (χ0v) is 26.1. The summed E-state index contributed by atoms with van der Waals surface area (Å²) in [5, 5.41) is 37.1. The molecule has 3 N–H and O–H groups in total. The van der Waals surface area contributed by atoms with Gasteiger partial charge in [-0.05, 0) is 38.2 Å². The van der Waals surface area contributed by atoms with Gasteiger partial charge in [-0.2, -0.15) is 0 Å². The molecule has 6 aliphatic rings. The van der Waals surface area contributed by atoms with Gasteiger partial charge in [-0.3, -0.25) is 9.59 Å². The van der Waals surface area contributed by atoms with Crippen LogP contribution in [-0.2, 0) is 33.3 Å². The Kier molecular flexibility index (Phi) is 6.08. The van der Waals surface area contributed by atoms with Gasteiger partial charge in [-0.25, -0.2) is 0 Å². The molecule has 42 heavy (non-hydrogen) atoms. The molecule has 3 saturated carbocycles. The molecule has 10 nitrogen and oxygen atoms in total. The topological polar surface area (TPSA) is 141 Å². The summed E-state index contributed by atoms with van der Waals surface area (Å²) in [7, 11) is 1.33. The van der Waals surface area contributed by atoms with Crippen molar-refractivity contribution in [1.82, 2.24) is 0 Å². The van der Waals surface area contributed by atoms with Crippen molar-refractivity contribution in [2.45, 2.75) is 128 Å². The highest BCUT2D eigenvalue weighted by Gasteiger charge is 3.02. The van der Waals surface area contributed by atoms with E-state index in [4.69, 9.17) is 23.7 Å². The molecule has 0 radical (unpaired) electrons. The minimum Gasteiger partial charge on any atom is -0.469 e. The summed E-state index contributed by atoms with van der Waals surface area (Å²) in [6, 6.07) is 0. The SMILES string of the molecule is C/C=C\C(=C/C)C(O)C(C)(C)C1CC(=O)OC2C3(O)C(O)C4(C)CC35OC3(C)OC12C(CC)(O3)C5(C)C4CC(=O)OC. The van der Waals surface area contributed by atoms with E-state index in [9.17, 15) is 24.9 Å². The third kappa shape index (κ3) is 2.76. The molecule has 10 heteroatoms. The van der Waals surface area contributed by atoms with Crippen molar-refractivity contribution < 1.29 is 48.6 Å². The molecule has 2 spiro atoms. The van der Waals surface area contributed by atoms with Crippen LogP contribution in [0, 0.1) is 28.1 Å². The fourth-order valence-corrected chi connectivity index (χ4v) is 11.4. The molecule has 0 aromatic rings. The molecule has 3 aliphatic heterocycles. The van der Waals surface area contributed by atoms with Crippen LogP contribution < -0.4 is 0 Å². The molecule has 3 heterocycles. The second-order valence-corrected chi connectivity index (χ2v) is 14.6. The third-order valence-electron chi connectivity index (χ3n) is 12.8. The van der Waals surface area contributed by atoms with Crippen LogP contribution in [0.4, 0.5) is 0 Å². The van der Waals surface area contributed by atoms with Crippen molar-refractivity contribution in [1.29, 1.82) is 0 Å². The van der Waals surface area contributed by atoms with Gasteiger partial charge in [0.1, 0.15) is 16.8 Å². The Hall–Kier alpha value is -1.82. The molecule has 12 unspecified atom stereocenters. The first kappa shape index (κ1) is 30.2. The molecule has 3 aliphatic carbocycles. The zero-order valence-electron chi connectivity index (χ0n) is 26.1. The van der Waals surface area contributed by atoms with E-state index in [1.165, 1.54) is 7.11 Å². The van der Waals surface area contributed by atoms with Crippen LogP contribution in [0.25, 0.3) is 0 Å². The number of methoxy groups -OCH3 is 1. The van der Waals surface area contributed by atoms with Crippen molar-refractivity contribution in [2.75, 3.05) is 7.11 Å². The normalized spacial score (nSPS) is 53.0. The fourth-order valence-electron chi connectivity index (χ4n) is 11.4. The number of fused-ring (bicyclic) bond motifs is 3. The van der Waals surface area contributed by atoms with Crippen molar-refractivity contribution in [3.63, 3.8) is 0 Å². The summed E-state index contributed by atoms with van der Waals surface area (Å²) < 4.78 is 32.0. The maximum Gasteiger partial charge on any atom is 0.306 e. The number of carbonyl (C=O) groups is 2. The molecule has 12 atom stereocenters. The Balaban J connectivity index is 1.68. The fraction of sp³-hybridized carbons (Fsp3) is 0.812. The second kappa shape index (κ2) is 8.46. The highest BCUT2D eigenvalue weighted by Crippen LogP contribution is 2.88. The van der Waals surface area contributed by atoms with Crippen molar-refractivity contribution in [2.24, 2.45) is 28.1 Å². The van der Waals surface area contributed by atoms with E-state index in [2.05, 4.69) is 0 Å². The Bertz CT molecular complexity index is 1290. The lowest BCUT2D eigenvalue weighted by atomic mass is 9.36. The Morgan fingerprint density at radius 2 is 1.86 bits per heavy atom. The molecule has 234 valence electrons. The number of ether oxygens (including phenoxy) is 5. The standard InChI is InChI=1S/C32H46O10/c1-10-13-17(11-2)22(35)25(4,5)18-14-21(34)39-24-31(37)23(36)26(6)16-30(31)27(7,19(26)15-20(33)38-9)29(12-3)32(18,24)42-28(8,40-29)41-30/h10-11,13,18-19,22-24,35-37H,12,14-16H2,1-9H3/b13-10-,17-11+. The predicted molar refractivity (Wildman–Crippen MR) is 148 cm³/mol. The lowest BCUT2D eigenvalue weighted by Gasteiger charge is -2.75. The lowest BCUT2D eigenvalue weighted by Crippen LogP contribution is -2.93. The Morgan fingerprint density at radius 1 is 1.19 bits per heavy atom. The van der Waals surface area contributed by atoms with Crippen LogP contribution >= 0.6 is 0 Å². The number of carbonyl (C=O) groups excluding carboxylic acids is 2. The largest absolute Gasteiger partial charge is 0.469 e. The number of aliphatic hydroxyl groups excluding tert-OH is 2. The van der Waals surface area contributed by atoms with Gasteiger partial charge in [0.15, 0.2) is 11.7 Å². The van der Waals surface area contributed by atoms with Crippen molar-refractivity contribution >= 4 is 11.9 Å². The zero-order chi connectivity index (χ0) is 31.1. The molecule has 6 fully saturated rings. The van der Waals surface area contributed by atoms with E-state index >= 15 is 0 Å². The average molecular weight is 591 g/mol. The van der Waals surface area contributed by atoms with Gasteiger partial charge >= 0.3 is 11.9 Å². The third-order valence-corrected chi connectivity index (χ3v) is 12.8. The van der Waals surface area contributed by atoms with Crippen LogP contribution in [0.1, 0.15) is 81.1 Å². The summed E-state index contributed by atoms with van der Waals surface area (Å²) in [6.07, 6.45) is 2.09. The van der Waals surface area contributed by atoms with Gasteiger partial charge in [-0.15, -0.1) is 0 Å². The van der Waals surface area contributed by atoms with Gasteiger partial charge in [0.05, 0.1) is 25.7 Å². The Morgan fingerprint density at radius 3 is 2.43 bits per heavy atom. The van der Waals surface area contributed by atoms with E-state index in [-0.39, 0.29) is 19.3 Å². The minimum atomic E-state index is -2.09. The highest BCUT2D eigenvalue weighted by atomic mass is 16.9. The summed E-state index contributed by atoms with van der Waals surface area (Å²) in [5.74, 6) is -3.97. The molecular formula is C32H46O10. The van der Waals surface area contributed by atoms with Gasteiger partial charge in [0, 0.05) is 35.5 Å². The summed E-state index contributed by atoms with van der Waals surface area (Å²) >= 11 is 0. The molecule has 6 rings (SSSR count). The molecule has 0 amide bonds. The first-order chi connectivity index (χ1) is 19.4. The van der Waals surface area contributed by atoms with Crippen LogP contribution in [0.3, 0.4) is 0 Å². The van der Waals surface area contributed by atoms with Crippen molar-refractivity contribution in [3.05, 3.63) is 23.8 Å². The van der Waals surface area contributed by atoms with E-state index in [0.29, 0.717) is 12.0 Å². The van der Waals surface area contributed by atoms with Crippen LogP contribution in [0.2, 0.25) is 0 Å². The van der Waals surface area contributed by atoms with Gasteiger partial charge in [0.2, 0.25) is 0 Å². The van der Waals surface area contributed by atoms with Gasteiger partial charge in [0.25, 0.3) is 5.97 Å². The quantitative estimate of drug-likeness (QED) is 0.299. The van der Waals surface area contributed by atoms with Crippen LogP contribution in [0.15, 0.2) is 23.8 Å². The first-order valence-corrected chi connectivity index (χ1v) is 15.2. The smallest absolute Gasteiger partial charge is 0.306 e.